The van der Waals surface area contributed by atoms with Crippen molar-refractivity contribution in [1.82, 2.24) is 20.1 Å². The third-order valence-corrected chi connectivity index (χ3v) is 5.76. The fourth-order valence-electron chi connectivity index (χ4n) is 4.16. The highest BCUT2D eigenvalue weighted by Crippen LogP contribution is 2.24. The molecule has 1 aromatic rings. The highest BCUT2D eigenvalue weighted by molar-refractivity contribution is 5.74. The Morgan fingerprint density at radius 1 is 1.20 bits per heavy atom. The first-order valence-corrected chi connectivity index (χ1v) is 9.85. The first-order chi connectivity index (χ1) is 12.2. The zero-order valence-corrected chi connectivity index (χ0v) is 15.5. The summed E-state index contributed by atoms with van der Waals surface area (Å²) in [6.07, 6.45) is 10.3. The van der Waals surface area contributed by atoms with Gasteiger partial charge in [0.1, 0.15) is 0 Å². The Bertz CT molecular complexity index is 530. The van der Waals surface area contributed by atoms with Gasteiger partial charge >= 0.3 is 6.03 Å². The van der Waals surface area contributed by atoms with Crippen LogP contribution in [0.2, 0.25) is 0 Å². The van der Waals surface area contributed by atoms with E-state index in [0.29, 0.717) is 12.0 Å². The topological polar surface area (TPSA) is 48.5 Å². The Hall–Kier alpha value is -1.62. The molecule has 1 saturated carbocycles. The molecular formula is C20H32N4O. The van der Waals surface area contributed by atoms with E-state index in [1.54, 1.807) is 0 Å². The zero-order valence-electron chi connectivity index (χ0n) is 15.5. The predicted octanol–water partition coefficient (Wildman–Crippen LogP) is 3.27. The lowest BCUT2D eigenvalue weighted by Gasteiger charge is -2.27. The molecule has 2 fully saturated rings. The molecule has 2 aliphatic rings. The second-order valence-electron chi connectivity index (χ2n) is 7.64. The Morgan fingerprint density at radius 3 is 2.80 bits per heavy atom. The van der Waals surface area contributed by atoms with Gasteiger partial charge in [-0.1, -0.05) is 18.9 Å². The first kappa shape index (κ1) is 18.2. The van der Waals surface area contributed by atoms with E-state index in [9.17, 15) is 4.79 Å². The predicted molar refractivity (Wildman–Crippen MR) is 100 cm³/mol. The zero-order chi connectivity index (χ0) is 17.5. The molecule has 1 N–H and O–H groups in total. The van der Waals surface area contributed by atoms with Crippen molar-refractivity contribution in [2.45, 2.75) is 57.5 Å². The van der Waals surface area contributed by atoms with Crippen LogP contribution >= 0.6 is 0 Å². The van der Waals surface area contributed by atoms with Crippen LogP contribution in [0.3, 0.4) is 0 Å². The van der Waals surface area contributed by atoms with Crippen molar-refractivity contribution in [3.05, 3.63) is 30.1 Å². The molecule has 2 amide bonds. The minimum Gasteiger partial charge on any atom is -0.338 e. The summed E-state index contributed by atoms with van der Waals surface area (Å²) in [5.41, 5.74) is 1.11. The number of urea groups is 1. The van der Waals surface area contributed by atoms with Crippen molar-refractivity contribution in [1.29, 1.82) is 0 Å². The van der Waals surface area contributed by atoms with Crippen molar-refractivity contribution in [2.24, 2.45) is 5.92 Å². The number of nitrogens with one attached hydrogen (secondary N) is 1. The van der Waals surface area contributed by atoms with E-state index in [2.05, 4.69) is 28.3 Å². The van der Waals surface area contributed by atoms with Crippen LogP contribution in [0.4, 0.5) is 4.79 Å². The van der Waals surface area contributed by atoms with Crippen LogP contribution in [0.1, 0.15) is 50.6 Å². The molecule has 0 spiro atoms. The summed E-state index contributed by atoms with van der Waals surface area (Å²) in [4.78, 5) is 21.3. The number of nitrogens with zero attached hydrogens (tertiary/aromatic N) is 3. The molecule has 1 saturated heterocycles. The number of aromatic nitrogens is 1. The third-order valence-electron chi connectivity index (χ3n) is 5.76. The number of hydrogen-bond donors (Lipinski definition) is 1. The van der Waals surface area contributed by atoms with Crippen molar-refractivity contribution in [3.63, 3.8) is 0 Å². The molecule has 1 aliphatic carbocycles. The minimum atomic E-state index is 0.139. The maximum Gasteiger partial charge on any atom is 0.317 e. The molecule has 0 radical (unpaired) electrons. The van der Waals surface area contributed by atoms with Gasteiger partial charge in [0.05, 0.1) is 5.69 Å². The SMILES string of the molecule is CN(Cc1ccccn1)C1CCCN(C(=O)NCC2CCCC2)CC1. The Kier molecular flexibility index (Phi) is 6.68. The Labute approximate surface area is 151 Å². The number of carbonyl (C=O) groups excluding carboxylic acids is 1. The Balaban J connectivity index is 1.43. The number of carbonyl (C=O) groups is 1. The van der Waals surface area contributed by atoms with Gasteiger partial charge in [0.25, 0.3) is 0 Å². The second-order valence-corrected chi connectivity index (χ2v) is 7.64. The summed E-state index contributed by atoms with van der Waals surface area (Å²) >= 11 is 0. The molecule has 3 rings (SSSR count). The fraction of sp³-hybridized carbons (Fsp3) is 0.700. The molecule has 1 atom stereocenters. The van der Waals surface area contributed by atoms with Gasteiger partial charge in [-0.25, -0.2) is 4.79 Å². The molecule has 138 valence electrons. The summed E-state index contributed by atoms with van der Waals surface area (Å²) < 4.78 is 0. The molecule has 1 unspecified atom stereocenters. The summed E-state index contributed by atoms with van der Waals surface area (Å²) in [6.45, 7) is 3.47. The molecule has 1 aromatic heterocycles. The highest BCUT2D eigenvalue weighted by Gasteiger charge is 2.24. The number of pyridine rings is 1. The van der Waals surface area contributed by atoms with Gasteiger partial charge < -0.3 is 10.2 Å². The lowest BCUT2D eigenvalue weighted by Crippen LogP contribution is -2.42. The van der Waals surface area contributed by atoms with Gasteiger partial charge in [-0.2, -0.15) is 0 Å². The van der Waals surface area contributed by atoms with Crippen LogP contribution < -0.4 is 5.32 Å². The molecule has 5 heteroatoms. The van der Waals surface area contributed by atoms with Gasteiger partial charge in [0, 0.05) is 38.4 Å². The van der Waals surface area contributed by atoms with Crippen LogP contribution in [-0.2, 0) is 6.54 Å². The van der Waals surface area contributed by atoms with Gasteiger partial charge in [0.2, 0.25) is 0 Å². The van der Waals surface area contributed by atoms with E-state index in [1.807, 2.05) is 23.2 Å². The van der Waals surface area contributed by atoms with E-state index in [-0.39, 0.29) is 6.03 Å². The smallest absolute Gasteiger partial charge is 0.317 e. The van der Waals surface area contributed by atoms with Crippen LogP contribution in [0, 0.1) is 5.92 Å². The molecule has 2 heterocycles. The van der Waals surface area contributed by atoms with Crippen molar-refractivity contribution in [3.8, 4) is 0 Å². The van der Waals surface area contributed by atoms with E-state index >= 15 is 0 Å². The summed E-state index contributed by atoms with van der Waals surface area (Å²) in [5, 5.41) is 3.17. The van der Waals surface area contributed by atoms with Crippen molar-refractivity contribution in [2.75, 3.05) is 26.7 Å². The summed E-state index contributed by atoms with van der Waals surface area (Å²) in [7, 11) is 2.18. The van der Waals surface area contributed by atoms with E-state index in [4.69, 9.17) is 0 Å². The van der Waals surface area contributed by atoms with Crippen molar-refractivity contribution < 1.29 is 4.79 Å². The van der Waals surface area contributed by atoms with E-state index in [1.165, 1.54) is 25.7 Å². The van der Waals surface area contributed by atoms with Gasteiger partial charge in [-0.15, -0.1) is 0 Å². The lowest BCUT2D eigenvalue weighted by molar-refractivity contribution is 0.190. The van der Waals surface area contributed by atoms with Crippen molar-refractivity contribution >= 4 is 6.03 Å². The molecular weight excluding hydrogens is 312 g/mol. The van der Waals surface area contributed by atoms with Gasteiger partial charge in [0.15, 0.2) is 0 Å². The third kappa shape index (κ3) is 5.43. The normalized spacial score (nSPS) is 22.2. The molecule has 1 aliphatic heterocycles. The molecule has 5 nitrogen and oxygen atoms in total. The largest absolute Gasteiger partial charge is 0.338 e. The monoisotopic (exact) mass is 344 g/mol. The number of amides is 2. The van der Waals surface area contributed by atoms with Crippen LogP contribution in [0.25, 0.3) is 0 Å². The minimum absolute atomic E-state index is 0.139. The lowest BCUT2D eigenvalue weighted by atomic mass is 10.1. The molecule has 0 aromatic carbocycles. The number of hydrogen-bond acceptors (Lipinski definition) is 3. The summed E-state index contributed by atoms with van der Waals surface area (Å²) in [5.74, 6) is 0.702. The first-order valence-electron chi connectivity index (χ1n) is 9.85. The molecule has 25 heavy (non-hydrogen) atoms. The Morgan fingerprint density at radius 2 is 2.04 bits per heavy atom. The average molecular weight is 345 g/mol. The van der Waals surface area contributed by atoms with E-state index < -0.39 is 0 Å². The van der Waals surface area contributed by atoms with Gasteiger partial charge in [-0.3, -0.25) is 9.88 Å². The highest BCUT2D eigenvalue weighted by atomic mass is 16.2. The molecule has 0 bridgehead atoms. The van der Waals surface area contributed by atoms with Crippen LogP contribution in [-0.4, -0.2) is 53.5 Å². The number of likely N-dealkylation sites (tertiary alicyclic amines) is 1. The van der Waals surface area contributed by atoms with Crippen LogP contribution in [0.15, 0.2) is 24.4 Å². The number of rotatable bonds is 5. The standard InChI is InChI=1S/C20H32N4O/c1-23(16-18-9-4-5-12-21-18)19-10-6-13-24(14-11-19)20(25)22-15-17-7-2-3-8-17/h4-5,9,12,17,19H,2-3,6-8,10-11,13-16H2,1H3,(H,22,25). The fourth-order valence-corrected chi connectivity index (χ4v) is 4.16. The maximum atomic E-state index is 12.5. The van der Waals surface area contributed by atoms with Crippen LogP contribution in [0.5, 0.6) is 0 Å². The average Bonchev–Trinajstić information content (AvgIpc) is 3.02. The maximum absolute atomic E-state index is 12.5. The quantitative estimate of drug-likeness (QED) is 0.892. The van der Waals surface area contributed by atoms with E-state index in [0.717, 1.165) is 51.1 Å². The summed E-state index contributed by atoms with van der Waals surface area (Å²) in [6, 6.07) is 6.74. The van der Waals surface area contributed by atoms with Gasteiger partial charge in [-0.05, 0) is 57.2 Å². The second kappa shape index (κ2) is 9.18.